The third kappa shape index (κ3) is 6.48. The summed E-state index contributed by atoms with van der Waals surface area (Å²) < 4.78 is 52.4. The highest BCUT2D eigenvalue weighted by Gasteiger charge is 2.50. The Kier molecular flexibility index (Phi) is 9.14. The summed E-state index contributed by atoms with van der Waals surface area (Å²) in [6, 6.07) is 5.42. The van der Waals surface area contributed by atoms with Gasteiger partial charge in [-0.3, -0.25) is 14.1 Å². The van der Waals surface area contributed by atoms with Gasteiger partial charge in [0.05, 0.1) is 46.3 Å². The number of anilines is 1. The summed E-state index contributed by atoms with van der Waals surface area (Å²) in [6.45, 7) is 14.4. The molecule has 8 nitrogen and oxygen atoms in total. The average Bonchev–Trinajstić information content (AvgIpc) is 2.71. The van der Waals surface area contributed by atoms with Crippen molar-refractivity contribution in [2.75, 3.05) is 5.32 Å². The molecule has 2 unspecified atom stereocenters. The third-order valence-electron chi connectivity index (χ3n) is 5.18. The summed E-state index contributed by atoms with van der Waals surface area (Å²) >= 11 is 6.64. The lowest BCUT2D eigenvalue weighted by Crippen LogP contribution is -2.32. The summed E-state index contributed by atoms with van der Waals surface area (Å²) in [7, 11) is -7.50. The van der Waals surface area contributed by atoms with E-state index in [2.05, 4.69) is 10.3 Å². The van der Waals surface area contributed by atoms with Gasteiger partial charge in [-0.15, -0.1) is 0 Å². The van der Waals surface area contributed by atoms with Crippen LogP contribution in [0.2, 0.25) is 5.02 Å². The maximum absolute atomic E-state index is 14.4. The smallest absolute Gasteiger partial charge is 0.353 e. The Hall–Kier alpha value is -0.980. The van der Waals surface area contributed by atoms with Crippen LogP contribution in [0.15, 0.2) is 24.4 Å². The Morgan fingerprint density at radius 2 is 1.43 bits per heavy atom. The zero-order valence-corrected chi connectivity index (χ0v) is 24.2. The maximum Gasteiger partial charge on any atom is 0.353 e. The van der Waals surface area contributed by atoms with Gasteiger partial charge in [-0.1, -0.05) is 11.6 Å². The van der Waals surface area contributed by atoms with Crippen molar-refractivity contribution in [3.05, 3.63) is 35.0 Å². The van der Waals surface area contributed by atoms with Crippen molar-refractivity contribution >= 4 is 43.4 Å². The maximum atomic E-state index is 14.4. The van der Waals surface area contributed by atoms with Crippen molar-refractivity contribution < 1.29 is 27.2 Å². The van der Waals surface area contributed by atoms with E-state index in [0.717, 1.165) is 0 Å². The van der Waals surface area contributed by atoms with Gasteiger partial charge in [0.15, 0.2) is 0 Å². The highest BCUT2D eigenvalue weighted by Crippen LogP contribution is 2.70. The second kappa shape index (κ2) is 11.2. The molecule has 1 aliphatic rings. The fourth-order valence-corrected chi connectivity index (χ4v) is 9.47. The van der Waals surface area contributed by atoms with Crippen molar-refractivity contribution in [2.24, 2.45) is 0 Å². The predicted octanol–water partition coefficient (Wildman–Crippen LogP) is 8.16. The van der Waals surface area contributed by atoms with Crippen LogP contribution in [0.5, 0.6) is 0 Å². The molecule has 2 atom stereocenters. The van der Waals surface area contributed by atoms with Crippen LogP contribution >= 0.6 is 26.8 Å². The van der Waals surface area contributed by atoms with Gasteiger partial charge >= 0.3 is 15.2 Å². The normalized spacial score (nSPS) is 19.1. The van der Waals surface area contributed by atoms with Gasteiger partial charge in [0, 0.05) is 11.6 Å². The second-order valence-electron chi connectivity index (χ2n) is 9.83. The molecule has 0 saturated carbocycles. The van der Waals surface area contributed by atoms with Gasteiger partial charge in [0.1, 0.15) is 5.78 Å². The molecule has 1 aromatic carbocycles. The summed E-state index contributed by atoms with van der Waals surface area (Å²) in [5.74, 6) is -0.809. The van der Waals surface area contributed by atoms with Crippen LogP contribution in [0, 0.1) is 0 Å². The van der Waals surface area contributed by atoms with Gasteiger partial charge in [0.2, 0.25) is 0 Å². The number of nitrogens with one attached hydrogen (secondary N) is 1. The summed E-state index contributed by atoms with van der Waals surface area (Å²) in [5, 5.41) is 4.55. The molecule has 0 fully saturated rings. The minimum atomic E-state index is -3.77. The third-order valence-corrected chi connectivity index (χ3v) is 10.7. The molecule has 0 bridgehead atoms. The topological polar surface area (TPSA) is 96.0 Å². The number of hydrogen-bond donors (Lipinski definition) is 1. The fourth-order valence-electron chi connectivity index (χ4n) is 4.23. The molecule has 1 aromatic heterocycles. The van der Waals surface area contributed by atoms with E-state index in [0.29, 0.717) is 27.2 Å². The van der Waals surface area contributed by atoms with Crippen LogP contribution in [-0.2, 0) is 27.2 Å². The molecule has 11 heteroatoms. The van der Waals surface area contributed by atoms with Crippen molar-refractivity contribution in [1.29, 1.82) is 0 Å². The van der Waals surface area contributed by atoms with E-state index in [4.69, 9.17) is 29.7 Å². The van der Waals surface area contributed by atoms with E-state index >= 15 is 0 Å². The first-order chi connectivity index (χ1) is 16.3. The van der Waals surface area contributed by atoms with E-state index in [1.54, 1.807) is 73.7 Å². The highest BCUT2D eigenvalue weighted by molar-refractivity contribution is 7.55. The number of fused-ring (bicyclic) bond motifs is 3. The Bertz CT molecular complexity index is 1110. The van der Waals surface area contributed by atoms with E-state index in [1.807, 2.05) is 6.07 Å². The van der Waals surface area contributed by atoms with Gasteiger partial charge in [-0.2, -0.15) is 0 Å². The molecule has 0 radical (unpaired) electrons. The van der Waals surface area contributed by atoms with Crippen LogP contribution in [0.4, 0.5) is 5.69 Å². The summed E-state index contributed by atoms with van der Waals surface area (Å²) in [6.07, 6.45) is 0.351. The van der Waals surface area contributed by atoms with E-state index in [9.17, 15) is 9.13 Å². The molecule has 2 heterocycles. The largest absolute Gasteiger partial charge is 0.369 e. The standard InChI is InChI=1S/C24H37ClN2O6P2/c1-14(2)30-34(28,31-15(3)4)21-13-22(35(29,32-16(5)6)33-17(7)8)27-24-19(21)12-20(25)18-10-9-11-26-23(18)24/h9-12,14-17,21-22,27H,13H2,1-8H3. The summed E-state index contributed by atoms with van der Waals surface area (Å²) in [4.78, 5) is 4.54. The SMILES string of the molecule is CC(C)OP(=O)(OC(C)C)C1CC(P(=O)(OC(C)C)OC(C)C)c2cc(Cl)c3cccnc3c2N1. The van der Waals surface area contributed by atoms with Crippen LogP contribution in [0.3, 0.4) is 0 Å². The first-order valence-electron chi connectivity index (χ1n) is 12.0. The van der Waals surface area contributed by atoms with Gasteiger partial charge in [0.25, 0.3) is 0 Å². The highest BCUT2D eigenvalue weighted by atomic mass is 35.5. The number of hydrogen-bond acceptors (Lipinski definition) is 8. The zero-order chi connectivity index (χ0) is 26.1. The minimum absolute atomic E-state index is 0.134. The van der Waals surface area contributed by atoms with Crippen LogP contribution in [0.1, 0.15) is 73.0 Å². The lowest BCUT2D eigenvalue weighted by molar-refractivity contribution is 0.130. The predicted molar refractivity (Wildman–Crippen MR) is 142 cm³/mol. The Labute approximate surface area is 213 Å². The van der Waals surface area contributed by atoms with E-state index < -0.39 is 26.6 Å². The van der Waals surface area contributed by atoms with Crippen LogP contribution in [0.25, 0.3) is 10.9 Å². The molecule has 1 N–H and O–H groups in total. The van der Waals surface area contributed by atoms with Crippen molar-refractivity contribution in [2.45, 2.75) is 97.7 Å². The zero-order valence-electron chi connectivity index (χ0n) is 21.6. The average molecular weight is 547 g/mol. The Balaban J connectivity index is 2.27. The molecule has 0 aliphatic carbocycles. The number of benzene rings is 1. The van der Waals surface area contributed by atoms with Crippen molar-refractivity contribution in [3.63, 3.8) is 0 Å². The number of halogens is 1. The van der Waals surface area contributed by atoms with Gasteiger partial charge in [-0.05, 0) is 85.6 Å². The number of aromatic nitrogens is 1. The van der Waals surface area contributed by atoms with Crippen LogP contribution in [-0.4, -0.2) is 35.2 Å². The Morgan fingerprint density at radius 1 is 0.914 bits per heavy atom. The molecule has 0 saturated heterocycles. The van der Waals surface area contributed by atoms with E-state index in [1.165, 1.54) is 0 Å². The van der Waals surface area contributed by atoms with Gasteiger partial charge < -0.3 is 23.4 Å². The van der Waals surface area contributed by atoms with Crippen molar-refractivity contribution in [3.8, 4) is 0 Å². The first-order valence-corrected chi connectivity index (χ1v) is 15.6. The first kappa shape index (κ1) is 28.6. The number of rotatable bonds is 10. The van der Waals surface area contributed by atoms with Crippen molar-refractivity contribution in [1.82, 2.24) is 4.98 Å². The van der Waals surface area contributed by atoms with Crippen LogP contribution < -0.4 is 5.32 Å². The molecular formula is C24H37ClN2O6P2. The second-order valence-corrected chi connectivity index (χ2v) is 14.5. The minimum Gasteiger partial charge on any atom is -0.369 e. The molecule has 2 aromatic rings. The Morgan fingerprint density at radius 3 is 1.94 bits per heavy atom. The summed E-state index contributed by atoms with van der Waals surface area (Å²) in [5.41, 5.74) is 1.03. The molecule has 196 valence electrons. The lowest BCUT2D eigenvalue weighted by atomic mass is 10.00. The monoisotopic (exact) mass is 546 g/mol. The molecule has 3 rings (SSSR count). The lowest BCUT2D eigenvalue weighted by Gasteiger charge is -2.40. The molecule has 1 aliphatic heterocycles. The molecule has 0 spiro atoms. The quantitative estimate of drug-likeness (QED) is 0.298. The molecule has 0 amide bonds. The van der Waals surface area contributed by atoms with Gasteiger partial charge in [-0.25, -0.2) is 0 Å². The molecule has 35 heavy (non-hydrogen) atoms. The fraction of sp³-hybridized carbons (Fsp3) is 0.625. The molecular weight excluding hydrogens is 510 g/mol. The number of pyridine rings is 1. The van der Waals surface area contributed by atoms with E-state index in [-0.39, 0.29) is 30.8 Å². The number of nitrogens with zero attached hydrogens (tertiary/aromatic N) is 1.